The molecular formula is C20H35Cl2N3O2. The van der Waals surface area contributed by atoms with Crippen LogP contribution in [0.25, 0.3) is 0 Å². The number of amides is 1. The van der Waals surface area contributed by atoms with Crippen LogP contribution < -0.4 is 15.8 Å². The number of hydrogen-bond donors (Lipinski definition) is 2. The van der Waals surface area contributed by atoms with Crippen LogP contribution in [0, 0.1) is 5.41 Å². The summed E-state index contributed by atoms with van der Waals surface area (Å²) in [6.07, 6.45) is 6.35. The van der Waals surface area contributed by atoms with Crippen LogP contribution in [-0.4, -0.2) is 44.6 Å². The first kappa shape index (κ1) is 26.0. The van der Waals surface area contributed by atoms with Crippen molar-refractivity contribution in [1.82, 2.24) is 10.2 Å². The predicted molar refractivity (Wildman–Crippen MR) is 116 cm³/mol. The van der Waals surface area contributed by atoms with Crippen LogP contribution in [0.1, 0.15) is 44.1 Å². The Bertz CT molecular complexity index is 550. The molecule has 1 aromatic rings. The summed E-state index contributed by atoms with van der Waals surface area (Å²) in [6, 6.07) is 7.93. The highest BCUT2D eigenvalue weighted by Gasteiger charge is 2.32. The quantitative estimate of drug-likeness (QED) is 0.643. The molecule has 1 saturated carbocycles. The number of nitrogens with zero attached hydrogens (tertiary/aromatic N) is 1. The van der Waals surface area contributed by atoms with Gasteiger partial charge in [0, 0.05) is 19.5 Å². The van der Waals surface area contributed by atoms with Crippen LogP contribution in [0.5, 0.6) is 5.75 Å². The summed E-state index contributed by atoms with van der Waals surface area (Å²) in [5.41, 5.74) is 7.05. The Balaban J connectivity index is 0.00000338. The van der Waals surface area contributed by atoms with Crippen molar-refractivity contribution >= 4 is 30.7 Å². The first-order valence-electron chi connectivity index (χ1n) is 9.36. The van der Waals surface area contributed by atoms with Gasteiger partial charge in [0.05, 0.1) is 0 Å². The average molecular weight is 420 g/mol. The fourth-order valence-corrected chi connectivity index (χ4v) is 3.45. The van der Waals surface area contributed by atoms with E-state index in [1.54, 1.807) is 0 Å². The molecular weight excluding hydrogens is 385 g/mol. The van der Waals surface area contributed by atoms with Gasteiger partial charge in [0.15, 0.2) is 0 Å². The zero-order valence-electron chi connectivity index (χ0n) is 16.5. The number of rotatable bonds is 9. The van der Waals surface area contributed by atoms with Crippen LogP contribution in [0.4, 0.5) is 0 Å². The lowest BCUT2D eigenvalue weighted by Crippen LogP contribution is -2.38. The summed E-state index contributed by atoms with van der Waals surface area (Å²) in [5.74, 6) is 0.950. The summed E-state index contributed by atoms with van der Waals surface area (Å²) < 4.78 is 5.75. The Kier molecular flexibility index (Phi) is 12.7. The monoisotopic (exact) mass is 419 g/mol. The van der Waals surface area contributed by atoms with E-state index in [9.17, 15) is 4.79 Å². The van der Waals surface area contributed by atoms with Gasteiger partial charge in [-0.2, -0.15) is 0 Å². The van der Waals surface area contributed by atoms with Gasteiger partial charge in [-0.1, -0.05) is 31.4 Å². The topological polar surface area (TPSA) is 67.6 Å². The smallest absolute Gasteiger partial charge is 0.220 e. The number of nitrogens with two attached hydrogens (primary N) is 1. The fourth-order valence-electron chi connectivity index (χ4n) is 3.45. The Morgan fingerprint density at radius 1 is 1.22 bits per heavy atom. The van der Waals surface area contributed by atoms with Crippen LogP contribution in [0.2, 0.25) is 0 Å². The Hall–Kier alpha value is -1.01. The number of likely N-dealkylation sites (N-methyl/N-ethyl adjacent to an activating group) is 1. The molecule has 7 heteroatoms. The lowest BCUT2D eigenvalue weighted by Gasteiger charge is -2.35. The van der Waals surface area contributed by atoms with E-state index in [0.717, 1.165) is 30.7 Å². The van der Waals surface area contributed by atoms with Crippen LogP contribution in [-0.2, 0) is 11.3 Å². The molecule has 0 heterocycles. The van der Waals surface area contributed by atoms with Gasteiger partial charge >= 0.3 is 0 Å². The SMILES string of the molecule is CN(C)CCOc1cccc(CNC(=O)CC2(CN)CCCCC2)c1.Cl.Cl. The molecule has 0 saturated heterocycles. The summed E-state index contributed by atoms with van der Waals surface area (Å²) in [4.78, 5) is 14.5. The van der Waals surface area contributed by atoms with E-state index in [1.165, 1.54) is 19.3 Å². The molecule has 0 unspecified atom stereocenters. The lowest BCUT2D eigenvalue weighted by atomic mass is 9.71. The zero-order valence-corrected chi connectivity index (χ0v) is 18.2. The summed E-state index contributed by atoms with van der Waals surface area (Å²) in [5, 5.41) is 3.05. The molecule has 3 N–H and O–H groups in total. The molecule has 1 fully saturated rings. The Labute approximate surface area is 176 Å². The first-order valence-corrected chi connectivity index (χ1v) is 9.36. The van der Waals surface area contributed by atoms with E-state index in [0.29, 0.717) is 26.1 Å². The maximum atomic E-state index is 12.4. The molecule has 1 amide bonds. The minimum atomic E-state index is 0. The number of carbonyl (C=O) groups excluding carboxylic acids is 1. The van der Waals surface area contributed by atoms with Crippen LogP contribution in [0.15, 0.2) is 24.3 Å². The second kappa shape index (κ2) is 13.2. The normalized spacial score (nSPS) is 15.4. The highest BCUT2D eigenvalue weighted by atomic mass is 35.5. The molecule has 1 aromatic carbocycles. The minimum absolute atomic E-state index is 0. The molecule has 0 aromatic heterocycles. The molecule has 2 rings (SSSR count). The van der Waals surface area contributed by atoms with E-state index in [2.05, 4.69) is 10.2 Å². The van der Waals surface area contributed by atoms with Crippen molar-refractivity contribution in [1.29, 1.82) is 0 Å². The van der Waals surface area contributed by atoms with E-state index < -0.39 is 0 Å². The van der Waals surface area contributed by atoms with Crippen molar-refractivity contribution in [3.63, 3.8) is 0 Å². The minimum Gasteiger partial charge on any atom is -0.492 e. The van der Waals surface area contributed by atoms with Gasteiger partial charge in [0.1, 0.15) is 12.4 Å². The van der Waals surface area contributed by atoms with Crippen molar-refractivity contribution in [2.24, 2.45) is 11.1 Å². The Morgan fingerprint density at radius 2 is 1.93 bits per heavy atom. The maximum Gasteiger partial charge on any atom is 0.220 e. The van der Waals surface area contributed by atoms with Crippen molar-refractivity contribution < 1.29 is 9.53 Å². The number of nitrogens with one attached hydrogen (secondary N) is 1. The highest BCUT2D eigenvalue weighted by molar-refractivity contribution is 5.85. The van der Waals surface area contributed by atoms with Gasteiger partial charge in [-0.25, -0.2) is 0 Å². The van der Waals surface area contributed by atoms with Crippen LogP contribution in [0.3, 0.4) is 0 Å². The second-order valence-corrected chi connectivity index (χ2v) is 7.52. The standard InChI is InChI=1S/C20H33N3O2.2ClH/c1-23(2)11-12-25-18-8-6-7-17(13-18)15-22-19(24)14-20(16-21)9-4-3-5-10-20;;/h6-8,13H,3-5,9-12,14-16,21H2,1-2H3,(H,22,24);2*1H. The Morgan fingerprint density at radius 3 is 2.56 bits per heavy atom. The molecule has 0 radical (unpaired) electrons. The number of hydrogen-bond acceptors (Lipinski definition) is 4. The molecule has 0 aliphatic heterocycles. The largest absolute Gasteiger partial charge is 0.492 e. The van der Waals surface area contributed by atoms with Crippen molar-refractivity contribution in [2.75, 3.05) is 33.8 Å². The third kappa shape index (κ3) is 9.15. The first-order chi connectivity index (χ1) is 12.0. The predicted octanol–water partition coefficient (Wildman–Crippen LogP) is 3.39. The zero-order chi connectivity index (χ0) is 18.1. The van der Waals surface area contributed by atoms with Gasteiger partial charge < -0.3 is 20.7 Å². The summed E-state index contributed by atoms with van der Waals surface area (Å²) in [6.45, 7) is 2.67. The van der Waals surface area contributed by atoms with Crippen molar-refractivity contribution in [3.8, 4) is 5.75 Å². The fraction of sp³-hybridized carbons (Fsp3) is 0.650. The van der Waals surface area contributed by atoms with Gasteiger partial charge in [0.25, 0.3) is 0 Å². The number of ether oxygens (including phenoxy) is 1. The van der Waals surface area contributed by atoms with E-state index in [1.807, 2.05) is 38.4 Å². The molecule has 1 aliphatic carbocycles. The number of benzene rings is 1. The van der Waals surface area contributed by atoms with E-state index in [4.69, 9.17) is 10.5 Å². The van der Waals surface area contributed by atoms with E-state index in [-0.39, 0.29) is 36.1 Å². The molecule has 0 bridgehead atoms. The van der Waals surface area contributed by atoms with E-state index >= 15 is 0 Å². The second-order valence-electron chi connectivity index (χ2n) is 7.52. The molecule has 27 heavy (non-hydrogen) atoms. The third-order valence-corrected chi connectivity index (χ3v) is 5.08. The van der Waals surface area contributed by atoms with Crippen LogP contribution >= 0.6 is 24.8 Å². The molecule has 156 valence electrons. The van der Waals surface area contributed by atoms with Crippen molar-refractivity contribution in [2.45, 2.75) is 45.1 Å². The van der Waals surface area contributed by atoms with Gasteiger partial charge in [-0.3, -0.25) is 4.79 Å². The van der Waals surface area contributed by atoms with Gasteiger partial charge in [-0.05, 0) is 56.6 Å². The third-order valence-electron chi connectivity index (χ3n) is 5.08. The number of halogens is 2. The maximum absolute atomic E-state index is 12.4. The lowest BCUT2D eigenvalue weighted by molar-refractivity contribution is -0.124. The summed E-state index contributed by atoms with van der Waals surface area (Å²) >= 11 is 0. The molecule has 1 aliphatic rings. The van der Waals surface area contributed by atoms with Crippen molar-refractivity contribution in [3.05, 3.63) is 29.8 Å². The molecule has 5 nitrogen and oxygen atoms in total. The van der Waals surface area contributed by atoms with Gasteiger partial charge in [-0.15, -0.1) is 24.8 Å². The van der Waals surface area contributed by atoms with Gasteiger partial charge in [0.2, 0.25) is 5.91 Å². The molecule has 0 atom stereocenters. The highest BCUT2D eigenvalue weighted by Crippen LogP contribution is 2.38. The molecule has 0 spiro atoms. The number of carbonyl (C=O) groups is 1. The average Bonchev–Trinajstić information content (AvgIpc) is 2.61. The summed E-state index contributed by atoms with van der Waals surface area (Å²) in [7, 11) is 4.05.